The Morgan fingerprint density at radius 2 is 0.893 bits per heavy atom. The molecule has 332 valence electrons. The Hall–Kier alpha value is -1.01. The highest BCUT2D eigenvalue weighted by molar-refractivity contribution is 7.80. The van der Waals surface area contributed by atoms with Gasteiger partial charge in [0.25, 0.3) is 0 Å². The van der Waals surface area contributed by atoms with Gasteiger partial charge in [-0.25, -0.2) is 0 Å². The number of hydrogen-bond acceptors (Lipinski definition) is 6. The summed E-state index contributed by atoms with van der Waals surface area (Å²) in [5.41, 5.74) is 0. The quantitative estimate of drug-likeness (QED) is 0.0347. The van der Waals surface area contributed by atoms with Crippen LogP contribution in [0.5, 0.6) is 0 Å². The lowest BCUT2D eigenvalue weighted by atomic mass is 9.98. The smallest absolute Gasteiger partial charge is 0.306 e. The number of hydrogen-bond donors (Lipinski definition) is 0. The van der Waals surface area contributed by atoms with E-state index in [0.29, 0.717) is 19.4 Å². The van der Waals surface area contributed by atoms with Crippen LogP contribution in [0.1, 0.15) is 266 Å². The molecule has 0 N–H and O–H groups in total. The summed E-state index contributed by atoms with van der Waals surface area (Å²) in [6.45, 7) is 15.4. The average Bonchev–Trinajstić information content (AvgIpc) is 3.19. The van der Waals surface area contributed by atoms with Crippen LogP contribution in [0, 0.1) is 5.92 Å². The van der Waals surface area contributed by atoms with Crippen molar-refractivity contribution >= 4 is 29.0 Å². The first-order chi connectivity index (χ1) is 27.4. The van der Waals surface area contributed by atoms with Crippen molar-refractivity contribution < 1.29 is 19.1 Å². The highest BCUT2D eigenvalue weighted by Crippen LogP contribution is 2.20. The van der Waals surface area contributed by atoms with Crippen LogP contribution in [0.15, 0.2) is 0 Å². The molecule has 0 aliphatic heterocycles. The molecule has 0 fully saturated rings. The highest BCUT2D eigenvalue weighted by Gasteiger charge is 2.15. The molecule has 6 heteroatoms. The molecule has 0 spiro atoms. The third kappa shape index (κ3) is 39.8. The molecular formula is C50H97NO4S. The van der Waals surface area contributed by atoms with Crippen molar-refractivity contribution in [3.8, 4) is 0 Å². The fraction of sp³-hybridized carbons (Fsp3) is 0.940. The minimum atomic E-state index is -0.00866. The molecule has 0 amide bonds. The van der Waals surface area contributed by atoms with E-state index in [9.17, 15) is 9.59 Å². The Kier molecular flexibility index (Phi) is 42.8. The van der Waals surface area contributed by atoms with E-state index in [0.717, 1.165) is 63.7 Å². The van der Waals surface area contributed by atoms with Crippen LogP contribution in [0.25, 0.3) is 0 Å². The summed E-state index contributed by atoms with van der Waals surface area (Å²) in [5, 5.41) is 0. The average molecular weight is 808 g/mol. The van der Waals surface area contributed by atoms with E-state index in [-0.39, 0.29) is 18.0 Å². The molecule has 0 aromatic rings. The number of nitrogens with zero attached hydrogens (tertiary/aromatic N) is 1. The van der Waals surface area contributed by atoms with Gasteiger partial charge in [0, 0.05) is 12.8 Å². The van der Waals surface area contributed by atoms with Gasteiger partial charge >= 0.3 is 11.9 Å². The Bertz CT molecular complexity index is 866. The summed E-state index contributed by atoms with van der Waals surface area (Å²) in [5.74, 6) is 0.852. The summed E-state index contributed by atoms with van der Waals surface area (Å²) < 4.78 is 11.6. The summed E-state index contributed by atoms with van der Waals surface area (Å²) in [6, 6.07) is 0. The zero-order valence-corrected chi connectivity index (χ0v) is 39.2. The molecule has 0 aliphatic rings. The van der Waals surface area contributed by atoms with E-state index in [1.165, 1.54) is 185 Å². The van der Waals surface area contributed by atoms with Crippen molar-refractivity contribution in [2.75, 3.05) is 26.2 Å². The second kappa shape index (κ2) is 43.6. The number of rotatable bonds is 45. The van der Waals surface area contributed by atoms with Gasteiger partial charge in [0.1, 0.15) is 6.10 Å². The van der Waals surface area contributed by atoms with Gasteiger partial charge in [-0.05, 0) is 114 Å². The molecule has 5 nitrogen and oxygen atoms in total. The van der Waals surface area contributed by atoms with Crippen LogP contribution in [0.4, 0.5) is 0 Å². The van der Waals surface area contributed by atoms with Crippen LogP contribution in [0.2, 0.25) is 0 Å². The fourth-order valence-corrected chi connectivity index (χ4v) is 7.81. The lowest BCUT2D eigenvalue weighted by Gasteiger charge is -2.22. The number of unbranched alkanes of at least 4 members (excludes halogenated alkanes) is 22. The Morgan fingerprint density at radius 1 is 0.482 bits per heavy atom. The molecule has 0 aromatic carbocycles. The van der Waals surface area contributed by atoms with Gasteiger partial charge in [-0.2, -0.15) is 0 Å². The standard InChI is InChI=1S/C50H97NO4S/c1-6-10-12-14-16-24-35-45-54-49(52)40-29-20-17-22-32-42-51(44-34-31-39-48(56)9-4)43-33-23-18-21-30-41-50(53)55-47(37-27-19-15-13-11-7-2)38-28-25-26-36-46(5)8-3/h46-47H,6-45H2,1-5H3. The first-order valence-electron chi connectivity index (χ1n) is 24.9. The van der Waals surface area contributed by atoms with Crippen molar-refractivity contribution in [1.29, 1.82) is 0 Å². The van der Waals surface area contributed by atoms with E-state index in [2.05, 4.69) is 39.5 Å². The van der Waals surface area contributed by atoms with Gasteiger partial charge in [-0.1, -0.05) is 182 Å². The van der Waals surface area contributed by atoms with Gasteiger partial charge in [-0.15, -0.1) is 0 Å². The van der Waals surface area contributed by atoms with Crippen molar-refractivity contribution in [2.45, 2.75) is 272 Å². The van der Waals surface area contributed by atoms with E-state index in [1.54, 1.807) is 0 Å². The highest BCUT2D eigenvalue weighted by atomic mass is 32.1. The molecule has 2 unspecified atom stereocenters. The molecule has 0 saturated carbocycles. The van der Waals surface area contributed by atoms with Gasteiger partial charge in [-0.3, -0.25) is 9.59 Å². The van der Waals surface area contributed by atoms with Crippen molar-refractivity contribution in [3.63, 3.8) is 0 Å². The van der Waals surface area contributed by atoms with E-state index in [1.807, 2.05) is 0 Å². The number of carbonyl (C=O) groups excluding carboxylic acids is 2. The van der Waals surface area contributed by atoms with Crippen LogP contribution in [0.3, 0.4) is 0 Å². The van der Waals surface area contributed by atoms with Crippen LogP contribution >= 0.6 is 12.2 Å². The molecule has 0 bridgehead atoms. The van der Waals surface area contributed by atoms with E-state index >= 15 is 0 Å². The summed E-state index contributed by atoms with van der Waals surface area (Å²) in [7, 11) is 0. The Labute approximate surface area is 355 Å². The number of esters is 2. The molecule has 0 aliphatic carbocycles. The Balaban J connectivity index is 4.33. The normalized spacial score (nSPS) is 12.6. The van der Waals surface area contributed by atoms with Gasteiger partial charge in [0.2, 0.25) is 0 Å². The summed E-state index contributed by atoms with van der Waals surface area (Å²) in [6.07, 6.45) is 42.2. The molecule has 0 rings (SSSR count). The molecule has 56 heavy (non-hydrogen) atoms. The zero-order chi connectivity index (χ0) is 41.2. The van der Waals surface area contributed by atoms with Crippen molar-refractivity contribution in [3.05, 3.63) is 0 Å². The number of ether oxygens (including phenoxy) is 2. The molecule has 2 atom stereocenters. The maximum Gasteiger partial charge on any atom is 0.306 e. The lowest BCUT2D eigenvalue weighted by Crippen LogP contribution is -2.27. The van der Waals surface area contributed by atoms with Crippen LogP contribution in [-0.4, -0.2) is 54.0 Å². The lowest BCUT2D eigenvalue weighted by molar-refractivity contribution is -0.150. The molecule has 0 radical (unpaired) electrons. The monoisotopic (exact) mass is 808 g/mol. The maximum atomic E-state index is 12.9. The zero-order valence-electron chi connectivity index (χ0n) is 38.4. The van der Waals surface area contributed by atoms with E-state index in [4.69, 9.17) is 21.7 Å². The maximum absolute atomic E-state index is 12.9. The Morgan fingerprint density at radius 3 is 1.43 bits per heavy atom. The second-order valence-electron chi connectivity index (χ2n) is 17.4. The summed E-state index contributed by atoms with van der Waals surface area (Å²) >= 11 is 5.47. The predicted molar refractivity (Wildman–Crippen MR) is 248 cm³/mol. The molecular weight excluding hydrogens is 711 g/mol. The first-order valence-corrected chi connectivity index (χ1v) is 25.4. The van der Waals surface area contributed by atoms with Crippen LogP contribution in [-0.2, 0) is 19.1 Å². The number of carbonyl (C=O) groups is 2. The third-order valence-corrected chi connectivity index (χ3v) is 12.4. The molecule has 0 heterocycles. The topological polar surface area (TPSA) is 55.8 Å². The van der Waals surface area contributed by atoms with Crippen molar-refractivity contribution in [1.82, 2.24) is 4.90 Å². The number of thiocarbonyl (C=S) groups is 1. The van der Waals surface area contributed by atoms with Crippen molar-refractivity contribution in [2.24, 2.45) is 5.92 Å². The largest absolute Gasteiger partial charge is 0.466 e. The van der Waals surface area contributed by atoms with Gasteiger partial charge < -0.3 is 14.4 Å². The second-order valence-corrected chi connectivity index (χ2v) is 18.0. The van der Waals surface area contributed by atoms with Gasteiger partial charge in [0.05, 0.1) is 6.61 Å². The minimum Gasteiger partial charge on any atom is -0.466 e. The first kappa shape index (κ1) is 55.0. The van der Waals surface area contributed by atoms with Gasteiger partial charge in [0.15, 0.2) is 0 Å². The molecule has 0 aromatic heterocycles. The molecule has 0 saturated heterocycles. The minimum absolute atomic E-state index is 0.00866. The third-order valence-electron chi connectivity index (χ3n) is 11.9. The van der Waals surface area contributed by atoms with E-state index < -0.39 is 0 Å². The van der Waals surface area contributed by atoms with Crippen LogP contribution < -0.4 is 0 Å². The summed E-state index contributed by atoms with van der Waals surface area (Å²) in [4.78, 5) is 28.9. The SMILES string of the molecule is CCCCCCCCCOC(=O)CCCCCCCN(CCCCCCCC(=O)OC(CCCCCCCC)CCCCCC(C)CC)CCCCC(=S)CC. The fourth-order valence-electron chi connectivity index (χ4n) is 7.66. The predicted octanol–water partition coefficient (Wildman–Crippen LogP) is 15.9.